The minimum atomic E-state index is -3.16. The van der Waals surface area contributed by atoms with Gasteiger partial charge in [0.05, 0.1) is 24.3 Å². The molecule has 5 heteroatoms. The van der Waals surface area contributed by atoms with E-state index in [-0.39, 0.29) is 5.92 Å². The second-order valence-electron chi connectivity index (χ2n) is 4.25. The molecule has 0 saturated heterocycles. The third kappa shape index (κ3) is 2.13. The van der Waals surface area contributed by atoms with Crippen molar-refractivity contribution in [3.05, 3.63) is 29.8 Å². The van der Waals surface area contributed by atoms with E-state index < -0.39 is 21.0 Å². The maximum atomic E-state index is 11.5. The van der Waals surface area contributed by atoms with Gasteiger partial charge in [-0.3, -0.25) is 0 Å². The molecule has 0 amide bonds. The molecule has 0 unspecified atom stereocenters. The Morgan fingerprint density at radius 2 is 1.88 bits per heavy atom. The van der Waals surface area contributed by atoms with Crippen LogP contribution in [0.25, 0.3) is 0 Å². The number of hydrogen-bond donors (Lipinski definition) is 0. The van der Waals surface area contributed by atoms with Crippen LogP contribution in [-0.4, -0.2) is 27.0 Å². The van der Waals surface area contributed by atoms with Gasteiger partial charge >= 0.3 is 0 Å². The van der Waals surface area contributed by atoms with Crippen molar-refractivity contribution in [1.29, 1.82) is 5.26 Å². The standard InChI is InChI=1S/C12H13NO3S/c1-16-9-5-3-8(4-6-9)11-10(7-13)12(11)17(2,14)15/h3-6,10-12H,1-2H3/t10-,11+,12-/m0/s1. The van der Waals surface area contributed by atoms with Crippen LogP contribution in [0.3, 0.4) is 0 Å². The van der Waals surface area contributed by atoms with Crippen molar-refractivity contribution in [3.63, 3.8) is 0 Å². The van der Waals surface area contributed by atoms with Gasteiger partial charge in [-0.25, -0.2) is 8.42 Å². The van der Waals surface area contributed by atoms with Gasteiger partial charge in [0, 0.05) is 12.2 Å². The summed E-state index contributed by atoms with van der Waals surface area (Å²) in [5, 5.41) is 8.38. The Hall–Kier alpha value is -1.54. The molecular weight excluding hydrogens is 238 g/mol. The Labute approximate surface area is 101 Å². The largest absolute Gasteiger partial charge is 0.497 e. The summed E-state index contributed by atoms with van der Waals surface area (Å²) in [6.07, 6.45) is 1.19. The lowest BCUT2D eigenvalue weighted by Gasteiger charge is -2.02. The smallest absolute Gasteiger partial charge is 0.152 e. The summed E-state index contributed by atoms with van der Waals surface area (Å²) in [6.45, 7) is 0. The van der Waals surface area contributed by atoms with Crippen molar-refractivity contribution in [2.45, 2.75) is 11.2 Å². The van der Waals surface area contributed by atoms with Gasteiger partial charge in [0.25, 0.3) is 0 Å². The molecule has 0 aliphatic heterocycles. The van der Waals surface area contributed by atoms with Gasteiger partial charge in [-0.1, -0.05) is 12.1 Å². The van der Waals surface area contributed by atoms with E-state index in [9.17, 15) is 8.42 Å². The fourth-order valence-electron chi connectivity index (χ4n) is 2.19. The number of hydrogen-bond acceptors (Lipinski definition) is 4. The predicted molar refractivity (Wildman–Crippen MR) is 63.5 cm³/mol. The Bertz CT molecular complexity index is 556. The molecular formula is C12H13NO3S. The minimum Gasteiger partial charge on any atom is -0.497 e. The molecule has 1 fully saturated rings. The first-order valence-electron chi connectivity index (χ1n) is 5.21. The normalized spacial score (nSPS) is 27.2. The highest BCUT2D eigenvalue weighted by Gasteiger charge is 2.57. The first kappa shape index (κ1) is 11.9. The van der Waals surface area contributed by atoms with Crippen LogP contribution >= 0.6 is 0 Å². The molecule has 0 aromatic heterocycles. The quantitative estimate of drug-likeness (QED) is 0.813. The highest BCUT2D eigenvalue weighted by molar-refractivity contribution is 7.91. The van der Waals surface area contributed by atoms with E-state index in [1.165, 1.54) is 6.26 Å². The van der Waals surface area contributed by atoms with Crippen LogP contribution in [0.15, 0.2) is 24.3 Å². The number of ether oxygens (including phenoxy) is 1. The van der Waals surface area contributed by atoms with E-state index in [2.05, 4.69) is 6.07 Å². The molecule has 4 nitrogen and oxygen atoms in total. The van der Waals surface area contributed by atoms with Crippen LogP contribution in [0.4, 0.5) is 0 Å². The van der Waals surface area contributed by atoms with E-state index >= 15 is 0 Å². The second kappa shape index (κ2) is 4.04. The third-order valence-corrected chi connectivity index (χ3v) is 4.67. The van der Waals surface area contributed by atoms with E-state index in [0.717, 1.165) is 11.3 Å². The average molecular weight is 251 g/mol. The van der Waals surface area contributed by atoms with Crippen molar-refractivity contribution >= 4 is 9.84 Å². The number of benzene rings is 1. The molecule has 1 aliphatic carbocycles. The topological polar surface area (TPSA) is 67.2 Å². The lowest BCUT2D eigenvalue weighted by atomic mass is 10.1. The maximum Gasteiger partial charge on any atom is 0.152 e. The molecule has 1 aromatic rings. The second-order valence-corrected chi connectivity index (χ2v) is 6.45. The molecule has 2 rings (SSSR count). The van der Waals surface area contributed by atoms with Crippen LogP contribution in [0.5, 0.6) is 5.75 Å². The summed E-state index contributed by atoms with van der Waals surface area (Å²) in [4.78, 5) is 0. The molecule has 17 heavy (non-hydrogen) atoms. The van der Waals surface area contributed by atoms with Crippen molar-refractivity contribution in [2.75, 3.05) is 13.4 Å². The SMILES string of the molecule is COc1ccc([C@@H]2[C@H](C#N)[C@@H]2S(C)(=O)=O)cc1. The summed E-state index contributed by atoms with van der Waals surface area (Å²) in [6, 6.07) is 9.26. The molecule has 0 N–H and O–H groups in total. The Morgan fingerprint density at radius 1 is 1.29 bits per heavy atom. The van der Waals surface area contributed by atoms with E-state index in [4.69, 9.17) is 10.00 Å². The van der Waals surface area contributed by atoms with Gasteiger partial charge in [0.15, 0.2) is 9.84 Å². The zero-order chi connectivity index (χ0) is 12.6. The van der Waals surface area contributed by atoms with Gasteiger partial charge in [-0.2, -0.15) is 5.26 Å². The zero-order valence-electron chi connectivity index (χ0n) is 9.62. The van der Waals surface area contributed by atoms with Crippen molar-refractivity contribution < 1.29 is 13.2 Å². The summed E-state index contributed by atoms with van der Waals surface area (Å²) in [7, 11) is -1.58. The predicted octanol–water partition coefficient (Wildman–Crippen LogP) is 1.35. The Kier molecular flexibility index (Phi) is 2.84. The minimum absolute atomic E-state index is 0.194. The van der Waals surface area contributed by atoms with Crippen LogP contribution in [-0.2, 0) is 9.84 Å². The lowest BCUT2D eigenvalue weighted by molar-refractivity contribution is 0.414. The third-order valence-electron chi connectivity index (χ3n) is 3.10. The lowest BCUT2D eigenvalue weighted by Crippen LogP contribution is -2.06. The number of nitriles is 1. The highest BCUT2D eigenvalue weighted by atomic mass is 32.2. The summed E-state index contributed by atoms with van der Waals surface area (Å²) >= 11 is 0. The molecule has 1 aliphatic rings. The average Bonchev–Trinajstić information content (AvgIpc) is 3.03. The van der Waals surface area contributed by atoms with Gasteiger partial charge in [0.1, 0.15) is 5.75 Å². The Morgan fingerprint density at radius 3 is 2.24 bits per heavy atom. The summed E-state index contributed by atoms with van der Waals surface area (Å²) < 4.78 is 28.0. The number of nitrogens with zero attached hydrogens (tertiary/aromatic N) is 1. The number of methoxy groups -OCH3 is 1. The molecule has 0 radical (unpaired) electrons. The highest BCUT2D eigenvalue weighted by Crippen LogP contribution is 2.51. The van der Waals surface area contributed by atoms with Gasteiger partial charge in [-0.05, 0) is 17.7 Å². The summed E-state index contributed by atoms with van der Waals surface area (Å²) in [5.41, 5.74) is 0.882. The fourth-order valence-corrected chi connectivity index (χ4v) is 3.72. The summed E-state index contributed by atoms with van der Waals surface area (Å²) in [5.74, 6) is 0.109. The van der Waals surface area contributed by atoms with Crippen molar-refractivity contribution in [2.24, 2.45) is 5.92 Å². The molecule has 1 saturated carbocycles. The molecule has 0 bridgehead atoms. The Balaban J connectivity index is 2.27. The molecule has 0 spiro atoms. The first-order chi connectivity index (χ1) is 7.99. The zero-order valence-corrected chi connectivity index (χ0v) is 10.4. The van der Waals surface area contributed by atoms with Crippen LogP contribution in [0, 0.1) is 17.2 Å². The maximum absolute atomic E-state index is 11.5. The monoisotopic (exact) mass is 251 g/mol. The van der Waals surface area contributed by atoms with Crippen LogP contribution < -0.4 is 4.74 Å². The van der Waals surface area contributed by atoms with Gasteiger partial charge in [0.2, 0.25) is 0 Å². The van der Waals surface area contributed by atoms with Gasteiger partial charge in [-0.15, -0.1) is 0 Å². The fraction of sp³-hybridized carbons (Fsp3) is 0.417. The van der Waals surface area contributed by atoms with E-state index in [1.54, 1.807) is 19.2 Å². The van der Waals surface area contributed by atoms with Gasteiger partial charge < -0.3 is 4.74 Å². The van der Waals surface area contributed by atoms with E-state index in [1.807, 2.05) is 12.1 Å². The molecule has 3 atom stereocenters. The molecule has 0 heterocycles. The molecule has 1 aromatic carbocycles. The van der Waals surface area contributed by atoms with Crippen LogP contribution in [0.2, 0.25) is 0 Å². The van der Waals surface area contributed by atoms with Crippen molar-refractivity contribution in [3.8, 4) is 11.8 Å². The number of sulfone groups is 1. The molecule has 90 valence electrons. The van der Waals surface area contributed by atoms with Crippen LogP contribution in [0.1, 0.15) is 11.5 Å². The van der Waals surface area contributed by atoms with Crippen molar-refractivity contribution in [1.82, 2.24) is 0 Å². The van der Waals surface area contributed by atoms with E-state index in [0.29, 0.717) is 0 Å². The number of rotatable bonds is 3. The first-order valence-corrected chi connectivity index (χ1v) is 7.17.